The largest absolute Gasteiger partial charge is 0.469 e. The molecule has 2 saturated carbocycles. The highest BCUT2D eigenvalue weighted by Gasteiger charge is 2.43. The van der Waals surface area contributed by atoms with Gasteiger partial charge in [-0.25, -0.2) is 0 Å². The zero-order chi connectivity index (χ0) is 18.1. The summed E-state index contributed by atoms with van der Waals surface area (Å²) in [5, 5.41) is 3.91. The minimum absolute atomic E-state index is 0. The zero-order valence-electron chi connectivity index (χ0n) is 16.8. The maximum absolute atomic E-state index is 5.62. The number of nitrogens with one attached hydrogen (secondary N) is 1. The lowest BCUT2D eigenvalue weighted by molar-refractivity contribution is 0.0217. The van der Waals surface area contributed by atoms with E-state index in [2.05, 4.69) is 10.2 Å². The van der Waals surface area contributed by atoms with E-state index in [0.717, 1.165) is 62.8 Å². The van der Waals surface area contributed by atoms with E-state index in [1.54, 1.807) is 6.26 Å². The summed E-state index contributed by atoms with van der Waals surface area (Å²) in [7, 11) is 0. The van der Waals surface area contributed by atoms with Crippen LogP contribution >= 0.6 is 24.0 Å². The molecule has 1 aromatic rings. The number of ether oxygens (including phenoxy) is 1. The summed E-state index contributed by atoms with van der Waals surface area (Å²) in [6, 6.07) is 4.64. The molecule has 2 aliphatic heterocycles. The van der Waals surface area contributed by atoms with Gasteiger partial charge in [0.25, 0.3) is 0 Å². The van der Waals surface area contributed by atoms with E-state index >= 15 is 0 Å². The van der Waals surface area contributed by atoms with Crippen molar-refractivity contribution < 1.29 is 9.15 Å². The van der Waals surface area contributed by atoms with Crippen molar-refractivity contribution >= 4 is 29.9 Å². The second-order valence-corrected chi connectivity index (χ2v) is 9.24. The predicted octanol–water partition coefficient (Wildman–Crippen LogP) is 4.08. The summed E-state index contributed by atoms with van der Waals surface area (Å²) in [5.74, 6) is 4.00. The maximum Gasteiger partial charge on any atom is 0.194 e. The Bertz CT molecular complexity index is 657. The van der Waals surface area contributed by atoms with Crippen LogP contribution in [0.4, 0.5) is 0 Å². The van der Waals surface area contributed by atoms with Crippen molar-refractivity contribution in [2.24, 2.45) is 22.2 Å². The minimum Gasteiger partial charge on any atom is -0.469 e. The summed E-state index contributed by atoms with van der Waals surface area (Å²) in [6.07, 6.45) is 11.9. The molecule has 0 amide bonds. The molecule has 156 valence electrons. The number of nitrogens with zero attached hydrogens (tertiary/aromatic N) is 2. The van der Waals surface area contributed by atoms with Gasteiger partial charge in [-0.1, -0.05) is 6.42 Å². The molecule has 2 bridgehead atoms. The summed E-state index contributed by atoms with van der Waals surface area (Å²) < 4.78 is 11.1. The Balaban J connectivity index is 0.00000192. The van der Waals surface area contributed by atoms with Crippen molar-refractivity contribution in [1.82, 2.24) is 10.2 Å². The molecule has 6 heteroatoms. The van der Waals surface area contributed by atoms with E-state index < -0.39 is 0 Å². The third kappa shape index (κ3) is 4.37. The number of hydrogen-bond donors (Lipinski definition) is 1. The quantitative estimate of drug-likeness (QED) is 0.386. The lowest BCUT2D eigenvalue weighted by Crippen LogP contribution is -2.48. The Morgan fingerprint density at radius 1 is 1.21 bits per heavy atom. The van der Waals surface area contributed by atoms with Gasteiger partial charge in [0.15, 0.2) is 5.96 Å². The highest BCUT2D eigenvalue weighted by atomic mass is 127. The van der Waals surface area contributed by atoms with Gasteiger partial charge in [-0.2, -0.15) is 0 Å². The molecule has 1 aromatic heterocycles. The lowest BCUT2D eigenvalue weighted by atomic mass is 9.80. The van der Waals surface area contributed by atoms with Crippen LogP contribution in [0.2, 0.25) is 0 Å². The zero-order valence-corrected chi connectivity index (χ0v) is 19.1. The molecule has 0 radical (unpaired) electrons. The fraction of sp³-hybridized carbons (Fsp3) is 0.773. The minimum atomic E-state index is 0. The molecule has 0 aromatic carbocycles. The highest BCUT2D eigenvalue weighted by molar-refractivity contribution is 14.0. The summed E-state index contributed by atoms with van der Waals surface area (Å²) >= 11 is 0. The van der Waals surface area contributed by atoms with E-state index in [0.29, 0.717) is 11.5 Å². The first-order valence-corrected chi connectivity index (χ1v) is 11.0. The first-order chi connectivity index (χ1) is 13.3. The number of furan rings is 1. The van der Waals surface area contributed by atoms with E-state index in [9.17, 15) is 0 Å². The van der Waals surface area contributed by atoms with Gasteiger partial charge in [0.05, 0.1) is 6.26 Å². The van der Waals surface area contributed by atoms with E-state index in [1.807, 2.05) is 12.1 Å². The normalized spacial score (nSPS) is 31.4. The van der Waals surface area contributed by atoms with Gasteiger partial charge in [-0.15, -0.1) is 24.0 Å². The number of rotatable bonds is 4. The molecule has 28 heavy (non-hydrogen) atoms. The van der Waals surface area contributed by atoms with Gasteiger partial charge in [0, 0.05) is 45.3 Å². The standard InChI is InChI=1S/C22H33N3O2.HI/c1-2-19(27-11-1)5-9-23-21(24-20-15-17-3-4-18(20)14-17)25-10-6-22(16-25)7-12-26-13-8-22;/h1-2,11,17-18,20H,3-10,12-16H2,(H,23,24);1H. The van der Waals surface area contributed by atoms with Crippen molar-refractivity contribution in [2.45, 2.75) is 57.4 Å². The average molecular weight is 499 g/mol. The molecule has 2 aliphatic carbocycles. The Hall–Kier alpha value is -0.760. The number of likely N-dealkylation sites (tertiary alicyclic amines) is 1. The molecule has 4 aliphatic rings. The van der Waals surface area contributed by atoms with Gasteiger partial charge < -0.3 is 19.4 Å². The molecule has 2 saturated heterocycles. The monoisotopic (exact) mass is 499 g/mol. The van der Waals surface area contributed by atoms with Gasteiger partial charge in [0.2, 0.25) is 0 Å². The highest BCUT2D eigenvalue weighted by Crippen LogP contribution is 2.45. The maximum atomic E-state index is 5.62. The first kappa shape index (κ1) is 20.5. The van der Waals surface area contributed by atoms with E-state index in [4.69, 9.17) is 14.1 Å². The van der Waals surface area contributed by atoms with Crippen molar-refractivity contribution in [1.29, 1.82) is 0 Å². The number of fused-ring (bicyclic) bond motifs is 2. The van der Waals surface area contributed by atoms with Crippen molar-refractivity contribution in [3.8, 4) is 0 Å². The molecule has 3 unspecified atom stereocenters. The Kier molecular flexibility index (Phi) is 6.55. The average Bonchev–Trinajstić information content (AvgIpc) is 3.47. The van der Waals surface area contributed by atoms with Gasteiger partial charge in [-0.3, -0.25) is 4.99 Å². The number of aliphatic imine (C=N–C) groups is 1. The molecule has 4 fully saturated rings. The van der Waals surface area contributed by atoms with E-state index in [-0.39, 0.29) is 24.0 Å². The van der Waals surface area contributed by atoms with Gasteiger partial charge in [-0.05, 0) is 67.9 Å². The molecular weight excluding hydrogens is 465 g/mol. The van der Waals surface area contributed by atoms with E-state index in [1.165, 1.54) is 44.9 Å². The molecule has 5 rings (SSSR count). The second kappa shape index (κ2) is 8.94. The molecular formula is C22H34IN3O2. The van der Waals surface area contributed by atoms with Gasteiger partial charge in [0.1, 0.15) is 5.76 Å². The molecule has 3 atom stereocenters. The summed E-state index contributed by atoms with van der Waals surface area (Å²) in [6.45, 7) is 4.93. The molecule has 3 heterocycles. The number of guanidine groups is 1. The molecule has 5 nitrogen and oxygen atoms in total. The Morgan fingerprint density at radius 3 is 2.82 bits per heavy atom. The van der Waals surface area contributed by atoms with Crippen molar-refractivity contribution in [3.63, 3.8) is 0 Å². The SMILES string of the molecule is I.c1coc(CCN=C(NC2CC3CCC2C3)N2CCC3(CCOCC3)C2)c1. The predicted molar refractivity (Wildman–Crippen MR) is 121 cm³/mol. The number of hydrogen-bond acceptors (Lipinski definition) is 3. The molecule has 1 spiro atoms. The van der Waals surface area contributed by atoms with Gasteiger partial charge >= 0.3 is 0 Å². The summed E-state index contributed by atoms with van der Waals surface area (Å²) in [4.78, 5) is 7.59. The fourth-order valence-corrected chi connectivity index (χ4v) is 5.88. The van der Waals surface area contributed by atoms with Crippen molar-refractivity contribution in [3.05, 3.63) is 24.2 Å². The van der Waals surface area contributed by atoms with Crippen molar-refractivity contribution in [2.75, 3.05) is 32.8 Å². The topological polar surface area (TPSA) is 50.0 Å². The van der Waals surface area contributed by atoms with Crippen LogP contribution in [0.25, 0.3) is 0 Å². The lowest BCUT2D eigenvalue weighted by Gasteiger charge is -2.34. The molecule has 1 N–H and O–H groups in total. The van der Waals surface area contributed by atoms with Crippen LogP contribution in [-0.2, 0) is 11.2 Å². The van der Waals surface area contributed by atoms with Crippen LogP contribution in [0.1, 0.15) is 50.7 Å². The first-order valence-electron chi connectivity index (χ1n) is 11.0. The third-order valence-corrected chi connectivity index (χ3v) is 7.54. The van der Waals surface area contributed by atoms with Crippen LogP contribution in [0.5, 0.6) is 0 Å². The fourth-order valence-electron chi connectivity index (χ4n) is 5.88. The smallest absolute Gasteiger partial charge is 0.194 e. The van der Waals surface area contributed by atoms with Crippen LogP contribution in [0.15, 0.2) is 27.8 Å². The summed E-state index contributed by atoms with van der Waals surface area (Å²) in [5.41, 5.74) is 0.455. The third-order valence-electron chi connectivity index (χ3n) is 7.54. The Labute approximate surface area is 185 Å². The second-order valence-electron chi connectivity index (χ2n) is 9.24. The Morgan fingerprint density at radius 2 is 2.11 bits per heavy atom. The number of halogens is 1. The van der Waals surface area contributed by atoms with Crippen LogP contribution < -0.4 is 5.32 Å². The van der Waals surface area contributed by atoms with Crippen LogP contribution in [0.3, 0.4) is 0 Å². The van der Waals surface area contributed by atoms with Crippen LogP contribution in [0, 0.1) is 17.3 Å². The van der Waals surface area contributed by atoms with Crippen LogP contribution in [-0.4, -0.2) is 49.7 Å².